The summed E-state index contributed by atoms with van der Waals surface area (Å²) in [6, 6.07) is 8.03. The van der Waals surface area contributed by atoms with Gasteiger partial charge in [0, 0.05) is 30.3 Å². The monoisotopic (exact) mass is 291 g/mol. The number of hydrogen-bond donors (Lipinski definition) is 2. The average Bonchev–Trinajstić information content (AvgIpc) is 3.24. The minimum atomic E-state index is 0.0317. The Morgan fingerprint density at radius 2 is 2.25 bits per heavy atom. The Hall–Kier alpha value is -1.46. The van der Waals surface area contributed by atoms with E-state index in [1.807, 2.05) is 18.2 Å². The minimum absolute atomic E-state index is 0.0317. The van der Waals surface area contributed by atoms with Gasteiger partial charge < -0.3 is 16.0 Å². The summed E-state index contributed by atoms with van der Waals surface area (Å²) in [5.41, 5.74) is 7.10. The van der Waals surface area contributed by atoms with E-state index < -0.39 is 0 Å². The molecular formula is C15H21N3OS. The fraction of sp³-hybridized carbons (Fsp3) is 0.467. The van der Waals surface area contributed by atoms with Crippen LogP contribution in [0.1, 0.15) is 31.7 Å². The minimum Gasteiger partial charge on any atom is -0.389 e. The van der Waals surface area contributed by atoms with Crippen LogP contribution in [-0.2, 0) is 4.79 Å². The van der Waals surface area contributed by atoms with Crippen molar-refractivity contribution in [3.63, 3.8) is 0 Å². The average molecular weight is 291 g/mol. The first-order valence-corrected chi connectivity index (χ1v) is 7.44. The zero-order valence-electron chi connectivity index (χ0n) is 11.8. The van der Waals surface area contributed by atoms with Crippen LogP contribution in [0.15, 0.2) is 24.3 Å². The topological polar surface area (TPSA) is 58.4 Å². The third-order valence-corrected chi connectivity index (χ3v) is 3.76. The molecular weight excluding hydrogens is 270 g/mol. The number of benzene rings is 1. The van der Waals surface area contributed by atoms with Gasteiger partial charge in [0.25, 0.3) is 0 Å². The highest BCUT2D eigenvalue weighted by atomic mass is 32.1. The summed E-state index contributed by atoms with van der Waals surface area (Å²) in [6.45, 7) is 3.97. The van der Waals surface area contributed by atoms with Gasteiger partial charge in [-0.05, 0) is 31.5 Å². The summed E-state index contributed by atoms with van der Waals surface area (Å²) in [6.07, 6.45) is 3.05. The standard InChI is InChI=1S/C15H21N3OS/c1-2-18(13-6-7-13)9-8-14(19)17-12-5-3-4-11(10-12)15(16)20/h3-5,10,13H,2,6-9H2,1H3,(H2,16,20)(H,17,19). The van der Waals surface area contributed by atoms with Gasteiger partial charge in [0.05, 0.1) is 0 Å². The quantitative estimate of drug-likeness (QED) is 0.756. The van der Waals surface area contributed by atoms with Gasteiger partial charge in [-0.1, -0.05) is 31.3 Å². The zero-order valence-corrected chi connectivity index (χ0v) is 12.6. The molecule has 3 N–H and O–H groups in total. The van der Waals surface area contributed by atoms with E-state index in [1.165, 1.54) is 12.8 Å². The Labute approximate surface area is 125 Å². The molecule has 0 aromatic heterocycles. The van der Waals surface area contributed by atoms with Gasteiger partial charge in [-0.15, -0.1) is 0 Å². The summed E-state index contributed by atoms with van der Waals surface area (Å²) in [4.78, 5) is 14.7. The second-order valence-electron chi connectivity index (χ2n) is 5.10. The van der Waals surface area contributed by atoms with Crippen molar-refractivity contribution in [1.29, 1.82) is 0 Å². The number of rotatable bonds is 7. The molecule has 108 valence electrons. The molecule has 0 unspecified atom stereocenters. The van der Waals surface area contributed by atoms with E-state index in [9.17, 15) is 4.79 Å². The van der Waals surface area contributed by atoms with Crippen LogP contribution in [0, 0.1) is 0 Å². The number of nitrogens with two attached hydrogens (primary N) is 1. The fourth-order valence-electron chi connectivity index (χ4n) is 2.26. The predicted octanol–water partition coefficient (Wildman–Crippen LogP) is 2.13. The largest absolute Gasteiger partial charge is 0.389 e. The van der Waals surface area contributed by atoms with E-state index >= 15 is 0 Å². The third-order valence-electron chi connectivity index (χ3n) is 3.53. The molecule has 1 saturated carbocycles. The van der Waals surface area contributed by atoms with Crippen LogP contribution in [0.25, 0.3) is 0 Å². The number of anilines is 1. The molecule has 5 heteroatoms. The van der Waals surface area contributed by atoms with Gasteiger partial charge in [0.2, 0.25) is 5.91 Å². The van der Waals surface area contributed by atoms with Crippen molar-refractivity contribution < 1.29 is 4.79 Å². The molecule has 0 saturated heterocycles. The smallest absolute Gasteiger partial charge is 0.225 e. The Kier molecular flexibility index (Phi) is 5.09. The highest BCUT2D eigenvalue weighted by molar-refractivity contribution is 7.80. The molecule has 0 aliphatic heterocycles. The molecule has 0 atom stereocenters. The van der Waals surface area contributed by atoms with Crippen LogP contribution in [0.4, 0.5) is 5.69 Å². The van der Waals surface area contributed by atoms with E-state index in [-0.39, 0.29) is 5.91 Å². The summed E-state index contributed by atoms with van der Waals surface area (Å²) in [5, 5.41) is 2.90. The molecule has 1 aliphatic rings. The first kappa shape index (κ1) is 14.9. The van der Waals surface area contributed by atoms with E-state index in [0.717, 1.165) is 24.3 Å². The number of nitrogens with zero attached hydrogens (tertiary/aromatic N) is 1. The summed E-state index contributed by atoms with van der Waals surface area (Å²) in [5.74, 6) is 0.0317. The highest BCUT2D eigenvalue weighted by Gasteiger charge is 2.27. The molecule has 2 rings (SSSR count). The number of amides is 1. The Morgan fingerprint density at radius 1 is 1.50 bits per heavy atom. The van der Waals surface area contributed by atoms with Crippen molar-refractivity contribution >= 4 is 28.8 Å². The first-order chi connectivity index (χ1) is 9.60. The van der Waals surface area contributed by atoms with Crippen molar-refractivity contribution in [2.75, 3.05) is 18.4 Å². The molecule has 1 aromatic rings. The van der Waals surface area contributed by atoms with Crippen molar-refractivity contribution in [2.24, 2.45) is 5.73 Å². The number of nitrogens with one attached hydrogen (secondary N) is 1. The van der Waals surface area contributed by atoms with E-state index in [2.05, 4.69) is 17.1 Å². The van der Waals surface area contributed by atoms with Gasteiger partial charge in [0.15, 0.2) is 0 Å². The van der Waals surface area contributed by atoms with Crippen LogP contribution in [-0.4, -0.2) is 34.9 Å². The van der Waals surface area contributed by atoms with Gasteiger partial charge in [-0.25, -0.2) is 0 Å². The Balaban J connectivity index is 1.84. The van der Waals surface area contributed by atoms with Crippen LogP contribution < -0.4 is 11.1 Å². The van der Waals surface area contributed by atoms with Gasteiger partial charge in [-0.2, -0.15) is 0 Å². The molecule has 4 nitrogen and oxygen atoms in total. The lowest BCUT2D eigenvalue weighted by Gasteiger charge is -2.19. The summed E-state index contributed by atoms with van der Waals surface area (Å²) >= 11 is 4.93. The van der Waals surface area contributed by atoms with Crippen molar-refractivity contribution in [3.8, 4) is 0 Å². The summed E-state index contributed by atoms with van der Waals surface area (Å²) in [7, 11) is 0. The maximum absolute atomic E-state index is 12.0. The second-order valence-corrected chi connectivity index (χ2v) is 5.54. The van der Waals surface area contributed by atoms with Crippen molar-refractivity contribution in [1.82, 2.24) is 4.90 Å². The molecule has 1 aliphatic carbocycles. The maximum Gasteiger partial charge on any atom is 0.225 e. The lowest BCUT2D eigenvalue weighted by molar-refractivity contribution is -0.116. The van der Waals surface area contributed by atoms with Crippen LogP contribution in [0.5, 0.6) is 0 Å². The molecule has 1 fully saturated rings. The SMILES string of the molecule is CCN(CCC(=O)Nc1cccc(C(N)=S)c1)C1CC1. The molecule has 0 bridgehead atoms. The first-order valence-electron chi connectivity index (χ1n) is 7.04. The number of carbonyl (C=O) groups is 1. The Morgan fingerprint density at radius 3 is 2.85 bits per heavy atom. The fourth-order valence-corrected chi connectivity index (χ4v) is 2.38. The number of hydrogen-bond acceptors (Lipinski definition) is 3. The van der Waals surface area contributed by atoms with E-state index in [1.54, 1.807) is 6.07 Å². The van der Waals surface area contributed by atoms with Gasteiger partial charge >= 0.3 is 0 Å². The molecule has 1 amide bonds. The zero-order chi connectivity index (χ0) is 14.5. The normalized spacial score (nSPS) is 14.3. The van der Waals surface area contributed by atoms with Crippen LogP contribution in [0.2, 0.25) is 0 Å². The second kappa shape index (κ2) is 6.81. The number of carbonyl (C=O) groups excluding carboxylic acids is 1. The van der Waals surface area contributed by atoms with Crippen molar-refractivity contribution in [3.05, 3.63) is 29.8 Å². The van der Waals surface area contributed by atoms with Crippen LogP contribution in [0.3, 0.4) is 0 Å². The Bertz CT molecular complexity index is 500. The van der Waals surface area contributed by atoms with E-state index in [4.69, 9.17) is 18.0 Å². The molecule has 0 heterocycles. The molecule has 20 heavy (non-hydrogen) atoms. The highest BCUT2D eigenvalue weighted by Crippen LogP contribution is 2.26. The van der Waals surface area contributed by atoms with Crippen LogP contribution >= 0.6 is 12.2 Å². The van der Waals surface area contributed by atoms with Gasteiger partial charge in [0.1, 0.15) is 4.99 Å². The third kappa shape index (κ3) is 4.28. The number of thiocarbonyl (C=S) groups is 1. The lowest BCUT2D eigenvalue weighted by atomic mass is 10.2. The molecule has 0 spiro atoms. The van der Waals surface area contributed by atoms with Gasteiger partial charge in [-0.3, -0.25) is 4.79 Å². The predicted molar refractivity (Wildman–Crippen MR) is 85.8 cm³/mol. The maximum atomic E-state index is 12.0. The lowest BCUT2D eigenvalue weighted by Crippen LogP contribution is -2.29. The molecule has 1 aromatic carbocycles. The molecule has 0 radical (unpaired) electrons. The van der Waals surface area contributed by atoms with Crippen molar-refractivity contribution in [2.45, 2.75) is 32.2 Å². The summed E-state index contributed by atoms with van der Waals surface area (Å²) < 4.78 is 0. The van der Waals surface area contributed by atoms with E-state index in [0.29, 0.717) is 17.5 Å².